The summed E-state index contributed by atoms with van der Waals surface area (Å²) in [4.78, 5) is 19.8. The van der Waals surface area contributed by atoms with E-state index in [-0.39, 0.29) is 18.0 Å². The third-order valence-electron chi connectivity index (χ3n) is 0.788. The Hall–Kier alpha value is -0.950. The van der Waals surface area contributed by atoms with Crippen LogP contribution in [0.25, 0.3) is 0 Å². The van der Waals surface area contributed by atoms with Crippen molar-refractivity contribution in [2.75, 3.05) is 5.75 Å². The van der Waals surface area contributed by atoms with Gasteiger partial charge in [0, 0.05) is 0 Å². The van der Waals surface area contributed by atoms with Crippen LogP contribution in [0, 0.1) is 0 Å². The number of hydrogen-bond acceptors (Lipinski definition) is 4. The van der Waals surface area contributed by atoms with Gasteiger partial charge in [-0.25, -0.2) is 0 Å². The molecule has 0 unspecified atom stereocenters. The highest BCUT2D eigenvalue weighted by molar-refractivity contribution is 7.85. The quantitative estimate of drug-likeness (QED) is 0.475. The van der Waals surface area contributed by atoms with Crippen LogP contribution < -0.4 is 5.73 Å². The summed E-state index contributed by atoms with van der Waals surface area (Å²) >= 11 is 0. The average Bonchev–Trinajstić information content (AvgIpc) is 1.84. The van der Waals surface area contributed by atoms with Gasteiger partial charge in [-0.15, -0.1) is 0 Å². The Labute approximate surface area is 76.9 Å². The molecule has 6 nitrogen and oxygen atoms in total. The van der Waals surface area contributed by atoms with Crippen molar-refractivity contribution in [2.45, 2.75) is 20.3 Å². The molecule has 0 fully saturated rings. The first-order chi connectivity index (χ1) is 5.69. The van der Waals surface area contributed by atoms with E-state index in [1.54, 1.807) is 0 Å². The molecule has 1 amide bonds. The van der Waals surface area contributed by atoms with Crippen LogP contribution in [0.5, 0.6) is 0 Å². The van der Waals surface area contributed by atoms with Crippen molar-refractivity contribution in [3.8, 4) is 0 Å². The number of primary amides is 1. The molecule has 0 spiro atoms. The predicted molar refractivity (Wildman–Crippen MR) is 46.6 cm³/mol. The summed E-state index contributed by atoms with van der Waals surface area (Å²) in [7, 11) is -3.66. The molecule has 0 rings (SSSR count). The third-order valence-corrected chi connectivity index (χ3v) is 1.52. The van der Waals surface area contributed by atoms with Crippen LogP contribution in [0.3, 0.4) is 0 Å². The lowest BCUT2D eigenvalue weighted by atomic mass is 10.3. The van der Waals surface area contributed by atoms with Gasteiger partial charge in [0.05, 0.1) is 12.2 Å². The fraction of sp³-hybridized carbons (Fsp3) is 0.667. The molecule has 0 radical (unpaired) electrons. The first-order valence-corrected chi connectivity index (χ1v) is 5.02. The molecule has 78 valence electrons. The summed E-state index contributed by atoms with van der Waals surface area (Å²) in [6.45, 7) is 2.69. The molecule has 0 bridgehead atoms. The summed E-state index contributed by atoms with van der Waals surface area (Å²) < 4.78 is 26.9. The lowest BCUT2D eigenvalue weighted by Gasteiger charge is -1.82. The normalized spacial score (nSPS) is 9.77. The van der Waals surface area contributed by atoms with E-state index in [0.29, 0.717) is 0 Å². The van der Waals surface area contributed by atoms with Gasteiger partial charge in [0.1, 0.15) is 5.78 Å². The van der Waals surface area contributed by atoms with Gasteiger partial charge in [-0.1, -0.05) is 0 Å². The highest BCUT2D eigenvalue weighted by atomic mass is 32.2. The number of amides is 1. The van der Waals surface area contributed by atoms with Gasteiger partial charge < -0.3 is 5.73 Å². The molecule has 0 aliphatic heterocycles. The van der Waals surface area contributed by atoms with Crippen molar-refractivity contribution in [3.63, 3.8) is 0 Å². The average molecular weight is 211 g/mol. The zero-order chi connectivity index (χ0) is 11.1. The number of carbonyl (C=O) groups is 2. The Balaban J connectivity index is 0. The lowest BCUT2D eigenvalue weighted by Crippen LogP contribution is -2.13. The van der Waals surface area contributed by atoms with E-state index < -0.39 is 16.0 Å². The number of nitrogens with two attached hydrogens (primary N) is 1. The fourth-order valence-electron chi connectivity index (χ4n) is 0.245. The largest absolute Gasteiger partial charge is 0.369 e. The first kappa shape index (κ1) is 14.6. The second-order valence-corrected chi connectivity index (χ2v) is 3.96. The van der Waals surface area contributed by atoms with E-state index >= 15 is 0 Å². The summed E-state index contributed by atoms with van der Waals surface area (Å²) in [5, 5.41) is 0. The molecule has 0 saturated heterocycles. The van der Waals surface area contributed by atoms with Crippen molar-refractivity contribution in [3.05, 3.63) is 0 Å². The maximum Gasteiger partial charge on any atom is 0.264 e. The van der Waals surface area contributed by atoms with Crippen LogP contribution in [0.1, 0.15) is 20.3 Å². The Morgan fingerprint density at radius 1 is 1.38 bits per heavy atom. The van der Waals surface area contributed by atoms with Gasteiger partial charge in [0.25, 0.3) is 10.1 Å². The number of rotatable bonds is 3. The van der Waals surface area contributed by atoms with Gasteiger partial charge in [0.15, 0.2) is 0 Å². The minimum Gasteiger partial charge on any atom is -0.369 e. The molecule has 0 aliphatic rings. The van der Waals surface area contributed by atoms with Crippen molar-refractivity contribution in [1.82, 2.24) is 0 Å². The van der Waals surface area contributed by atoms with Crippen LogP contribution >= 0.6 is 0 Å². The Bertz CT molecular complexity index is 257. The van der Waals surface area contributed by atoms with Crippen LogP contribution in [0.15, 0.2) is 0 Å². The molecule has 3 N–H and O–H groups in total. The molecule has 0 aromatic rings. The molecule has 0 heterocycles. The summed E-state index contributed by atoms with van der Waals surface area (Å²) in [5.41, 5.74) is 4.63. The van der Waals surface area contributed by atoms with Gasteiger partial charge >= 0.3 is 0 Å². The van der Waals surface area contributed by atoms with Crippen LogP contribution in [-0.2, 0) is 19.7 Å². The standard InChI is InChI=1S/C4H7NO2.C2H6O3S/c1-3(6)2-4(5)7;1-2-6(3,4)5/h2H2,1H3,(H2,5,7);2H2,1H3,(H,3,4,5). The molecule has 0 saturated carbocycles. The first-order valence-electron chi connectivity index (χ1n) is 3.42. The van der Waals surface area contributed by atoms with E-state index in [9.17, 15) is 18.0 Å². The molecule has 13 heavy (non-hydrogen) atoms. The second kappa shape index (κ2) is 6.55. The topological polar surface area (TPSA) is 115 Å². The highest BCUT2D eigenvalue weighted by Crippen LogP contribution is 1.75. The van der Waals surface area contributed by atoms with Gasteiger partial charge in [-0.3, -0.25) is 14.1 Å². The summed E-state index contributed by atoms with van der Waals surface area (Å²) in [6.07, 6.45) is -0.139. The van der Waals surface area contributed by atoms with E-state index in [4.69, 9.17) is 4.55 Å². The monoisotopic (exact) mass is 211 g/mol. The van der Waals surface area contributed by atoms with E-state index in [1.807, 2.05) is 0 Å². The SMILES string of the molecule is CC(=O)CC(N)=O.CCS(=O)(=O)O. The maximum absolute atomic E-state index is 9.95. The van der Waals surface area contributed by atoms with Gasteiger partial charge in [-0.05, 0) is 13.8 Å². The third kappa shape index (κ3) is 24.7. The Morgan fingerprint density at radius 2 is 1.69 bits per heavy atom. The van der Waals surface area contributed by atoms with Crippen LogP contribution in [0.4, 0.5) is 0 Å². The van der Waals surface area contributed by atoms with Crippen LogP contribution in [-0.4, -0.2) is 30.4 Å². The molecule has 0 aromatic heterocycles. The number of ketones is 1. The number of carbonyl (C=O) groups excluding carboxylic acids is 2. The van der Waals surface area contributed by atoms with Gasteiger partial charge in [0.2, 0.25) is 5.91 Å². The van der Waals surface area contributed by atoms with E-state index in [2.05, 4.69) is 5.73 Å². The molecular formula is C6H13NO5S. The zero-order valence-electron chi connectivity index (χ0n) is 7.48. The lowest BCUT2D eigenvalue weighted by molar-refractivity contribution is -0.125. The molecule has 0 aliphatic carbocycles. The minimum absolute atomic E-state index is 0.139. The number of hydrogen-bond donors (Lipinski definition) is 2. The van der Waals surface area contributed by atoms with E-state index in [0.717, 1.165) is 0 Å². The maximum atomic E-state index is 9.95. The minimum atomic E-state index is -3.66. The van der Waals surface area contributed by atoms with Crippen molar-refractivity contribution >= 4 is 21.8 Å². The Morgan fingerprint density at radius 3 is 1.69 bits per heavy atom. The smallest absolute Gasteiger partial charge is 0.264 e. The highest BCUT2D eigenvalue weighted by Gasteiger charge is 1.95. The summed E-state index contributed by atoms with van der Waals surface area (Å²) in [5.74, 6) is -0.951. The zero-order valence-corrected chi connectivity index (χ0v) is 8.30. The molecular weight excluding hydrogens is 198 g/mol. The second-order valence-electron chi connectivity index (χ2n) is 2.22. The predicted octanol–water partition coefficient (Wildman–Crippen LogP) is -0.655. The summed E-state index contributed by atoms with van der Waals surface area (Å²) in [6, 6.07) is 0. The Kier molecular flexibility index (Phi) is 7.34. The van der Waals surface area contributed by atoms with E-state index in [1.165, 1.54) is 13.8 Å². The van der Waals surface area contributed by atoms with Crippen LogP contribution in [0.2, 0.25) is 0 Å². The molecule has 7 heteroatoms. The van der Waals surface area contributed by atoms with Crippen molar-refractivity contribution in [2.24, 2.45) is 5.73 Å². The van der Waals surface area contributed by atoms with Gasteiger partial charge in [-0.2, -0.15) is 8.42 Å². The van der Waals surface area contributed by atoms with Crippen molar-refractivity contribution in [1.29, 1.82) is 0 Å². The molecule has 0 aromatic carbocycles. The number of Topliss-reactive ketones (excluding diaryl/α,β-unsaturated/α-hetero) is 1. The van der Waals surface area contributed by atoms with Crippen molar-refractivity contribution < 1.29 is 22.6 Å². The molecule has 0 atom stereocenters. The fourth-order valence-corrected chi connectivity index (χ4v) is 0.245.